The van der Waals surface area contributed by atoms with Gasteiger partial charge in [0.2, 0.25) is 11.7 Å². The monoisotopic (exact) mass is 253 g/mol. The summed E-state index contributed by atoms with van der Waals surface area (Å²) in [4.78, 5) is 4.49. The molecule has 1 heterocycles. The van der Waals surface area contributed by atoms with E-state index in [9.17, 15) is 0 Å². The molecule has 0 aromatic carbocycles. The van der Waals surface area contributed by atoms with Crippen molar-refractivity contribution >= 4 is 0 Å². The SMILES string of the molecule is CCCNCc1nc(C2(OCC)CCCC2)no1. The third kappa shape index (κ3) is 2.90. The van der Waals surface area contributed by atoms with Gasteiger partial charge in [0.1, 0.15) is 5.60 Å². The zero-order chi connectivity index (χ0) is 12.8. The molecule has 5 heteroatoms. The highest BCUT2D eigenvalue weighted by atomic mass is 16.5. The molecule has 18 heavy (non-hydrogen) atoms. The van der Waals surface area contributed by atoms with Crippen LogP contribution in [0.15, 0.2) is 4.52 Å². The first kappa shape index (κ1) is 13.5. The number of ether oxygens (including phenoxy) is 1. The van der Waals surface area contributed by atoms with Crippen LogP contribution in [0.1, 0.15) is 57.7 Å². The summed E-state index contributed by atoms with van der Waals surface area (Å²) >= 11 is 0. The molecule has 0 bridgehead atoms. The van der Waals surface area contributed by atoms with E-state index in [1.54, 1.807) is 0 Å². The Morgan fingerprint density at radius 2 is 2.11 bits per heavy atom. The quantitative estimate of drug-likeness (QED) is 0.756. The standard InChI is InChI=1S/C13H23N3O2/c1-3-9-14-10-11-15-12(16-18-11)13(17-4-2)7-5-6-8-13/h14H,3-10H2,1-2H3. The number of nitrogens with one attached hydrogen (secondary N) is 1. The maximum atomic E-state index is 5.91. The lowest BCUT2D eigenvalue weighted by Gasteiger charge is -2.24. The average molecular weight is 253 g/mol. The fourth-order valence-corrected chi connectivity index (χ4v) is 2.54. The van der Waals surface area contributed by atoms with Gasteiger partial charge < -0.3 is 14.6 Å². The van der Waals surface area contributed by atoms with E-state index in [1.807, 2.05) is 6.92 Å². The first-order valence-corrected chi connectivity index (χ1v) is 6.98. The van der Waals surface area contributed by atoms with Crippen molar-refractivity contribution in [2.75, 3.05) is 13.2 Å². The number of rotatable bonds is 7. The van der Waals surface area contributed by atoms with Crippen LogP contribution in [0.3, 0.4) is 0 Å². The van der Waals surface area contributed by atoms with Crippen molar-refractivity contribution in [3.8, 4) is 0 Å². The van der Waals surface area contributed by atoms with E-state index >= 15 is 0 Å². The summed E-state index contributed by atoms with van der Waals surface area (Å²) in [7, 11) is 0. The normalized spacial score (nSPS) is 18.3. The highest BCUT2D eigenvalue weighted by Crippen LogP contribution is 2.40. The molecule has 1 N–H and O–H groups in total. The Kier molecular flexibility index (Phi) is 4.72. The molecule has 0 amide bonds. The molecular formula is C13H23N3O2. The number of nitrogens with zero attached hydrogens (tertiary/aromatic N) is 2. The lowest BCUT2D eigenvalue weighted by atomic mass is 10.0. The smallest absolute Gasteiger partial charge is 0.240 e. The predicted molar refractivity (Wildman–Crippen MR) is 68.1 cm³/mol. The average Bonchev–Trinajstić information content (AvgIpc) is 2.99. The molecule has 0 radical (unpaired) electrons. The second-order valence-corrected chi connectivity index (χ2v) is 4.82. The van der Waals surface area contributed by atoms with Gasteiger partial charge in [0.25, 0.3) is 0 Å². The van der Waals surface area contributed by atoms with Crippen LogP contribution in [0.4, 0.5) is 0 Å². The molecule has 1 aliphatic carbocycles. The van der Waals surface area contributed by atoms with Crippen LogP contribution in [0, 0.1) is 0 Å². The van der Waals surface area contributed by atoms with Crippen molar-refractivity contribution in [2.45, 2.75) is 58.1 Å². The Morgan fingerprint density at radius 1 is 1.33 bits per heavy atom. The maximum Gasteiger partial charge on any atom is 0.240 e. The van der Waals surface area contributed by atoms with Crippen molar-refractivity contribution in [2.24, 2.45) is 0 Å². The summed E-state index contributed by atoms with van der Waals surface area (Å²) in [5.74, 6) is 1.39. The van der Waals surface area contributed by atoms with E-state index in [1.165, 1.54) is 12.8 Å². The molecule has 0 unspecified atom stereocenters. The van der Waals surface area contributed by atoms with Gasteiger partial charge >= 0.3 is 0 Å². The van der Waals surface area contributed by atoms with Crippen LogP contribution in [-0.4, -0.2) is 23.3 Å². The van der Waals surface area contributed by atoms with Gasteiger partial charge in [0.05, 0.1) is 6.54 Å². The van der Waals surface area contributed by atoms with Crippen molar-refractivity contribution in [3.63, 3.8) is 0 Å². The molecule has 1 saturated carbocycles. The van der Waals surface area contributed by atoms with Crippen LogP contribution in [0.2, 0.25) is 0 Å². The van der Waals surface area contributed by atoms with Crippen LogP contribution < -0.4 is 5.32 Å². The van der Waals surface area contributed by atoms with Gasteiger partial charge in [-0.25, -0.2) is 0 Å². The summed E-state index contributed by atoms with van der Waals surface area (Å²) < 4.78 is 11.2. The van der Waals surface area contributed by atoms with Crippen molar-refractivity contribution in [3.05, 3.63) is 11.7 Å². The highest BCUT2D eigenvalue weighted by molar-refractivity contribution is 5.04. The molecule has 0 saturated heterocycles. The van der Waals surface area contributed by atoms with Crippen LogP contribution >= 0.6 is 0 Å². The Morgan fingerprint density at radius 3 is 2.78 bits per heavy atom. The zero-order valence-electron chi connectivity index (χ0n) is 11.4. The number of hydrogen-bond donors (Lipinski definition) is 1. The predicted octanol–water partition coefficient (Wildman–Crippen LogP) is 2.38. The molecular weight excluding hydrogens is 230 g/mol. The highest BCUT2D eigenvalue weighted by Gasteiger charge is 2.40. The van der Waals surface area contributed by atoms with E-state index in [0.717, 1.165) is 31.6 Å². The van der Waals surface area contributed by atoms with Gasteiger partial charge in [-0.05, 0) is 45.6 Å². The van der Waals surface area contributed by atoms with Crippen molar-refractivity contribution < 1.29 is 9.26 Å². The first-order chi connectivity index (χ1) is 8.80. The van der Waals surface area contributed by atoms with Gasteiger partial charge in [-0.1, -0.05) is 12.1 Å². The molecule has 1 aromatic rings. The van der Waals surface area contributed by atoms with Gasteiger partial charge in [-0.15, -0.1) is 0 Å². The van der Waals surface area contributed by atoms with E-state index < -0.39 is 0 Å². The third-order valence-electron chi connectivity index (χ3n) is 3.41. The molecule has 5 nitrogen and oxygen atoms in total. The Hall–Kier alpha value is -0.940. The lowest BCUT2D eigenvalue weighted by molar-refractivity contribution is -0.0469. The first-order valence-electron chi connectivity index (χ1n) is 6.98. The minimum atomic E-state index is -0.290. The largest absolute Gasteiger partial charge is 0.367 e. The maximum absolute atomic E-state index is 5.91. The number of hydrogen-bond acceptors (Lipinski definition) is 5. The van der Waals surface area contributed by atoms with E-state index in [-0.39, 0.29) is 5.60 Å². The lowest BCUT2D eigenvalue weighted by Crippen LogP contribution is -2.27. The van der Waals surface area contributed by atoms with Gasteiger partial charge in [0.15, 0.2) is 0 Å². The molecule has 1 aromatic heterocycles. The topological polar surface area (TPSA) is 60.2 Å². The third-order valence-corrected chi connectivity index (χ3v) is 3.41. The second kappa shape index (κ2) is 6.29. The second-order valence-electron chi connectivity index (χ2n) is 4.82. The zero-order valence-corrected chi connectivity index (χ0v) is 11.4. The molecule has 0 aliphatic heterocycles. The van der Waals surface area contributed by atoms with Gasteiger partial charge in [0, 0.05) is 6.61 Å². The number of aromatic nitrogens is 2. The molecule has 1 aliphatic rings. The summed E-state index contributed by atoms with van der Waals surface area (Å²) in [5, 5.41) is 7.38. The summed E-state index contributed by atoms with van der Waals surface area (Å²) in [6, 6.07) is 0. The summed E-state index contributed by atoms with van der Waals surface area (Å²) in [6.07, 6.45) is 5.46. The van der Waals surface area contributed by atoms with Crippen molar-refractivity contribution in [1.82, 2.24) is 15.5 Å². The molecule has 102 valence electrons. The Bertz CT molecular complexity index is 359. The fraction of sp³-hybridized carbons (Fsp3) is 0.846. The van der Waals surface area contributed by atoms with E-state index in [0.29, 0.717) is 19.0 Å². The fourth-order valence-electron chi connectivity index (χ4n) is 2.54. The Labute approximate surface area is 108 Å². The Balaban J connectivity index is 2.02. The van der Waals surface area contributed by atoms with Crippen molar-refractivity contribution in [1.29, 1.82) is 0 Å². The molecule has 0 spiro atoms. The minimum Gasteiger partial charge on any atom is -0.367 e. The van der Waals surface area contributed by atoms with Gasteiger partial charge in [-0.2, -0.15) is 4.98 Å². The minimum absolute atomic E-state index is 0.290. The molecule has 0 atom stereocenters. The van der Waals surface area contributed by atoms with Gasteiger partial charge in [-0.3, -0.25) is 0 Å². The van der Waals surface area contributed by atoms with E-state index in [4.69, 9.17) is 9.26 Å². The summed E-state index contributed by atoms with van der Waals surface area (Å²) in [5.41, 5.74) is -0.290. The summed E-state index contributed by atoms with van der Waals surface area (Å²) in [6.45, 7) is 6.45. The van der Waals surface area contributed by atoms with Crippen LogP contribution in [0.5, 0.6) is 0 Å². The van der Waals surface area contributed by atoms with Crippen LogP contribution in [-0.2, 0) is 16.9 Å². The van der Waals surface area contributed by atoms with E-state index in [2.05, 4.69) is 22.4 Å². The molecule has 1 fully saturated rings. The van der Waals surface area contributed by atoms with Crippen LogP contribution in [0.25, 0.3) is 0 Å². The molecule has 2 rings (SSSR count).